The fourth-order valence-corrected chi connectivity index (χ4v) is 2.76. The maximum Gasteiger partial charge on any atom is 0.113 e. The first-order valence-corrected chi connectivity index (χ1v) is 7.18. The summed E-state index contributed by atoms with van der Waals surface area (Å²) in [5.41, 5.74) is 2.47. The van der Waals surface area contributed by atoms with Crippen LogP contribution >= 0.6 is 11.3 Å². The predicted octanol–water partition coefficient (Wildman–Crippen LogP) is 3.11. The molecule has 1 N–H and O–H groups in total. The van der Waals surface area contributed by atoms with Crippen LogP contribution in [-0.2, 0) is 13.1 Å². The summed E-state index contributed by atoms with van der Waals surface area (Å²) in [6, 6.07) is 4.78. The van der Waals surface area contributed by atoms with Crippen molar-refractivity contribution in [3.05, 3.63) is 39.6 Å². The maximum absolute atomic E-state index is 4.60. The van der Waals surface area contributed by atoms with Gasteiger partial charge in [0.2, 0.25) is 0 Å². The van der Waals surface area contributed by atoms with Crippen molar-refractivity contribution in [1.82, 2.24) is 14.9 Å². The minimum Gasteiger partial charge on any atom is -0.343 e. The highest BCUT2D eigenvalue weighted by Crippen LogP contribution is 2.18. The van der Waals surface area contributed by atoms with Gasteiger partial charge in [-0.05, 0) is 26.0 Å². The van der Waals surface area contributed by atoms with Crippen molar-refractivity contribution in [2.75, 3.05) is 0 Å². The molecular formula is C14H21N3S. The lowest BCUT2D eigenvalue weighted by Crippen LogP contribution is -2.23. The predicted molar refractivity (Wildman–Crippen MR) is 77.1 cm³/mol. The van der Waals surface area contributed by atoms with Crippen molar-refractivity contribution < 1.29 is 0 Å². The lowest BCUT2D eigenvalue weighted by atomic mass is 10.3. The molecule has 3 nitrogen and oxygen atoms in total. The Kier molecular flexibility index (Phi) is 4.19. The van der Waals surface area contributed by atoms with Crippen LogP contribution in [0.25, 0.3) is 0 Å². The van der Waals surface area contributed by atoms with E-state index in [9.17, 15) is 0 Å². The molecule has 18 heavy (non-hydrogen) atoms. The van der Waals surface area contributed by atoms with Gasteiger partial charge in [-0.1, -0.05) is 13.8 Å². The molecule has 2 heterocycles. The van der Waals surface area contributed by atoms with Gasteiger partial charge in [-0.25, -0.2) is 4.98 Å². The molecule has 2 aromatic heterocycles. The SMILES string of the molecule is Cc1nc(Cn2cccc2CNC(C)C)sc1C. The van der Waals surface area contributed by atoms with Crippen LogP contribution in [0.5, 0.6) is 0 Å². The van der Waals surface area contributed by atoms with Crippen LogP contribution in [0, 0.1) is 13.8 Å². The van der Waals surface area contributed by atoms with E-state index in [1.807, 2.05) is 0 Å². The van der Waals surface area contributed by atoms with Gasteiger partial charge >= 0.3 is 0 Å². The third-order valence-corrected chi connectivity index (χ3v) is 4.05. The second-order valence-electron chi connectivity index (χ2n) is 4.91. The van der Waals surface area contributed by atoms with Crippen LogP contribution in [0.15, 0.2) is 18.3 Å². The van der Waals surface area contributed by atoms with Crippen LogP contribution in [-0.4, -0.2) is 15.6 Å². The van der Waals surface area contributed by atoms with Crippen molar-refractivity contribution in [1.29, 1.82) is 0 Å². The largest absolute Gasteiger partial charge is 0.343 e. The Morgan fingerprint density at radius 3 is 2.78 bits per heavy atom. The number of aryl methyl sites for hydroxylation is 2. The number of nitrogens with one attached hydrogen (secondary N) is 1. The number of hydrogen-bond acceptors (Lipinski definition) is 3. The lowest BCUT2D eigenvalue weighted by molar-refractivity contribution is 0.564. The van der Waals surface area contributed by atoms with Gasteiger partial charge in [-0.3, -0.25) is 0 Å². The van der Waals surface area contributed by atoms with Gasteiger partial charge in [-0.15, -0.1) is 11.3 Å². The highest BCUT2D eigenvalue weighted by Gasteiger charge is 2.07. The van der Waals surface area contributed by atoms with Crippen molar-refractivity contribution in [2.45, 2.75) is 46.8 Å². The summed E-state index contributed by atoms with van der Waals surface area (Å²) in [5, 5.41) is 4.64. The molecule has 0 aliphatic rings. The van der Waals surface area contributed by atoms with Gasteiger partial charge in [0.15, 0.2) is 0 Å². The monoisotopic (exact) mass is 263 g/mol. The van der Waals surface area contributed by atoms with Crippen LogP contribution in [0.1, 0.15) is 35.1 Å². The van der Waals surface area contributed by atoms with Crippen molar-refractivity contribution in [2.24, 2.45) is 0 Å². The molecule has 0 saturated heterocycles. The molecule has 4 heteroatoms. The zero-order valence-corrected chi connectivity index (χ0v) is 12.3. The van der Waals surface area contributed by atoms with Crippen LogP contribution in [0.4, 0.5) is 0 Å². The Labute approximate surface area is 113 Å². The molecule has 0 bridgehead atoms. The summed E-state index contributed by atoms with van der Waals surface area (Å²) < 4.78 is 2.27. The molecule has 0 aliphatic heterocycles. The van der Waals surface area contributed by atoms with E-state index in [2.05, 4.69) is 60.9 Å². The molecule has 0 aliphatic carbocycles. The van der Waals surface area contributed by atoms with E-state index in [1.54, 1.807) is 11.3 Å². The van der Waals surface area contributed by atoms with E-state index in [4.69, 9.17) is 0 Å². The number of rotatable bonds is 5. The minimum absolute atomic E-state index is 0.512. The highest BCUT2D eigenvalue weighted by atomic mass is 32.1. The standard InChI is InChI=1S/C14H21N3S/c1-10(2)15-8-13-6-5-7-17(13)9-14-16-11(3)12(4)18-14/h5-7,10,15H,8-9H2,1-4H3. The summed E-state index contributed by atoms with van der Waals surface area (Å²) in [6.07, 6.45) is 2.13. The van der Waals surface area contributed by atoms with E-state index in [-0.39, 0.29) is 0 Å². The first kappa shape index (κ1) is 13.3. The average Bonchev–Trinajstić information content (AvgIpc) is 2.85. The van der Waals surface area contributed by atoms with Crippen LogP contribution < -0.4 is 5.32 Å². The molecule has 0 atom stereocenters. The first-order chi connectivity index (χ1) is 8.56. The quantitative estimate of drug-likeness (QED) is 0.898. The molecule has 0 saturated carbocycles. The molecule has 0 spiro atoms. The molecule has 98 valence electrons. The van der Waals surface area contributed by atoms with Gasteiger partial charge in [0.25, 0.3) is 0 Å². The minimum atomic E-state index is 0.512. The molecule has 0 fully saturated rings. The van der Waals surface area contributed by atoms with Gasteiger partial charge < -0.3 is 9.88 Å². The summed E-state index contributed by atoms with van der Waals surface area (Å²) in [6.45, 7) is 10.3. The zero-order valence-electron chi connectivity index (χ0n) is 11.5. The molecule has 0 aromatic carbocycles. The maximum atomic E-state index is 4.60. The molecule has 0 unspecified atom stereocenters. The molecule has 2 rings (SSSR count). The number of thiazole rings is 1. The van der Waals surface area contributed by atoms with Crippen molar-refractivity contribution in [3.8, 4) is 0 Å². The normalized spacial score (nSPS) is 11.4. The van der Waals surface area contributed by atoms with E-state index in [1.165, 1.54) is 15.6 Å². The summed E-state index contributed by atoms with van der Waals surface area (Å²) in [5.74, 6) is 0. The fraction of sp³-hybridized carbons (Fsp3) is 0.500. The lowest BCUT2D eigenvalue weighted by Gasteiger charge is -2.11. The van der Waals surface area contributed by atoms with Gasteiger partial charge in [0.1, 0.15) is 5.01 Å². The number of aromatic nitrogens is 2. The second-order valence-corrected chi connectivity index (χ2v) is 6.20. The van der Waals surface area contributed by atoms with Gasteiger partial charge in [-0.2, -0.15) is 0 Å². The third-order valence-electron chi connectivity index (χ3n) is 2.99. The van der Waals surface area contributed by atoms with Crippen LogP contribution in [0.3, 0.4) is 0 Å². The summed E-state index contributed by atoms with van der Waals surface area (Å²) in [4.78, 5) is 5.92. The van der Waals surface area contributed by atoms with E-state index < -0.39 is 0 Å². The Bertz CT molecular complexity index is 491. The fourth-order valence-electron chi connectivity index (χ4n) is 1.83. The Morgan fingerprint density at radius 2 is 2.17 bits per heavy atom. The molecular weight excluding hydrogens is 242 g/mol. The summed E-state index contributed by atoms with van der Waals surface area (Å²) >= 11 is 1.79. The summed E-state index contributed by atoms with van der Waals surface area (Å²) in [7, 11) is 0. The molecule has 2 aromatic rings. The van der Waals surface area contributed by atoms with Crippen molar-refractivity contribution >= 4 is 11.3 Å². The van der Waals surface area contributed by atoms with E-state index in [0.29, 0.717) is 6.04 Å². The Balaban J connectivity index is 2.07. The third kappa shape index (κ3) is 3.21. The number of hydrogen-bond donors (Lipinski definition) is 1. The van der Waals surface area contributed by atoms with Crippen molar-refractivity contribution in [3.63, 3.8) is 0 Å². The number of nitrogens with zero attached hydrogens (tertiary/aromatic N) is 2. The van der Waals surface area contributed by atoms with E-state index in [0.717, 1.165) is 18.8 Å². The Hall–Kier alpha value is -1.13. The average molecular weight is 263 g/mol. The molecule has 0 radical (unpaired) electrons. The second kappa shape index (κ2) is 5.67. The van der Waals surface area contributed by atoms with Gasteiger partial charge in [0.05, 0.1) is 12.2 Å². The smallest absolute Gasteiger partial charge is 0.113 e. The van der Waals surface area contributed by atoms with Crippen LogP contribution in [0.2, 0.25) is 0 Å². The molecule has 0 amide bonds. The topological polar surface area (TPSA) is 29.9 Å². The van der Waals surface area contributed by atoms with E-state index >= 15 is 0 Å². The Morgan fingerprint density at radius 1 is 1.39 bits per heavy atom. The first-order valence-electron chi connectivity index (χ1n) is 6.36. The van der Waals surface area contributed by atoms with Gasteiger partial charge in [0, 0.05) is 29.4 Å². The highest BCUT2D eigenvalue weighted by molar-refractivity contribution is 7.11. The zero-order chi connectivity index (χ0) is 13.1.